The Morgan fingerprint density at radius 2 is 1.82 bits per heavy atom. The Balaban J connectivity index is 1.66. The lowest BCUT2D eigenvalue weighted by atomic mass is 9.62. The van der Waals surface area contributed by atoms with Crippen LogP contribution in [-0.4, -0.2) is 61.7 Å². The highest BCUT2D eigenvalue weighted by atomic mass is 16.7. The Labute approximate surface area is 195 Å². The second-order valence-electron chi connectivity index (χ2n) is 9.17. The van der Waals surface area contributed by atoms with Crippen molar-refractivity contribution in [1.29, 1.82) is 0 Å². The van der Waals surface area contributed by atoms with E-state index in [2.05, 4.69) is 0 Å². The molecule has 180 valence electrons. The average molecular weight is 470 g/mol. The van der Waals surface area contributed by atoms with E-state index in [4.69, 9.17) is 9.47 Å². The number of fused-ring (bicyclic) bond motifs is 4. The van der Waals surface area contributed by atoms with Gasteiger partial charge in [0.05, 0.1) is 36.2 Å². The third-order valence-electron chi connectivity index (χ3n) is 7.14. The summed E-state index contributed by atoms with van der Waals surface area (Å²) in [5.41, 5.74) is 0.506. The number of rotatable bonds is 3. The second kappa shape index (κ2) is 8.44. The van der Waals surface area contributed by atoms with Crippen molar-refractivity contribution >= 4 is 11.6 Å². The number of Topliss-reactive ketones (excluding diaryl/α,β-unsaturated/α-hetero) is 2. The van der Waals surface area contributed by atoms with Crippen LogP contribution in [0.2, 0.25) is 0 Å². The summed E-state index contributed by atoms with van der Waals surface area (Å²) < 4.78 is 11.8. The SMILES string of the molecule is CC1O[C@@H](O[C@H]2C3C(=O)c4c(O)cccc4C(=O)C3c3c(O)cc(CO)cc3[C@@H]2O)CC[C@@H]1O. The fraction of sp³-hybridized carbons (Fsp3) is 0.440. The minimum absolute atomic E-state index is 0.0311. The van der Waals surface area contributed by atoms with Crippen molar-refractivity contribution in [3.05, 3.63) is 58.1 Å². The molecule has 0 spiro atoms. The van der Waals surface area contributed by atoms with E-state index in [0.29, 0.717) is 18.4 Å². The summed E-state index contributed by atoms with van der Waals surface area (Å²) in [6.45, 7) is 1.28. The van der Waals surface area contributed by atoms with E-state index in [0.717, 1.165) is 0 Å². The molecule has 2 aliphatic carbocycles. The summed E-state index contributed by atoms with van der Waals surface area (Å²) in [5, 5.41) is 52.1. The highest BCUT2D eigenvalue weighted by molar-refractivity contribution is 6.19. The number of phenolic OH excluding ortho intramolecular Hbond substituents is 2. The first kappa shape index (κ1) is 22.9. The van der Waals surface area contributed by atoms with Gasteiger partial charge in [-0.05, 0) is 36.6 Å². The summed E-state index contributed by atoms with van der Waals surface area (Å²) in [7, 11) is 0. The molecule has 1 heterocycles. The first-order chi connectivity index (χ1) is 16.2. The molecule has 0 saturated carbocycles. The molecule has 2 aromatic rings. The van der Waals surface area contributed by atoms with E-state index < -0.39 is 60.7 Å². The molecule has 1 aliphatic heterocycles. The molecule has 7 atom stereocenters. The minimum Gasteiger partial charge on any atom is -0.508 e. The number of carbonyl (C=O) groups excluding carboxylic acids is 2. The van der Waals surface area contributed by atoms with Crippen molar-refractivity contribution in [2.75, 3.05) is 0 Å². The van der Waals surface area contributed by atoms with Gasteiger partial charge in [-0.25, -0.2) is 0 Å². The van der Waals surface area contributed by atoms with Crippen LogP contribution >= 0.6 is 0 Å². The largest absolute Gasteiger partial charge is 0.508 e. The van der Waals surface area contributed by atoms with Gasteiger partial charge < -0.3 is 35.0 Å². The number of aromatic hydroxyl groups is 2. The molecule has 1 fully saturated rings. The molecule has 0 aromatic heterocycles. The molecule has 0 amide bonds. The van der Waals surface area contributed by atoms with Crippen molar-refractivity contribution in [2.24, 2.45) is 5.92 Å². The number of benzene rings is 2. The van der Waals surface area contributed by atoms with Crippen molar-refractivity contribution in [3.63, 3.8) is 0 Å². The van der Waals surface area contributed by atoms with Crippen molar-refractivity contribution < 1.29 is 44.6 Å². The van der Waals surface area contributed by atoms with Crippen molar-refractivity contribution in [3.8, 4) is 11.5 Å². The van der Waals surface area contributed by atoms with Crippen LogP contribution < -0.4 is 0 Å². The van der Waals surface area contributed by atoms with Crippen LogP contribution in [0.1, 0.15) is 69.2 Å². The maximum Gasteiger partial charge on any atom is 0.174 e. The Morgan fingerprint density at radius 3 is 2.53 bits per heavy atom. The molecule has 1 saturated heterocycles. The zero-order valence-corrected chi connectivity index (χ0v) is 18.4. The van der Waals surface area contributed by atoms with E-state index in [9.17, 15) is 35.1 Å². The van der Waals surface area contributed by atoms with Gasteiger partial charge >= 0.3 is 0 Å². The predicted molar refractivity (Wildman–Crippen MR) is 116 cm³/mol. The summed E-state index contributed by atoms with van der Waals surface area (Å²) >= 11 is 0. The molecular formula is C25H26O9. The van der Waals surface area contributed by atoms with Crippen LogP contribution in [0.4, 0.5) is 0 Å². The second-order valence-corrected chi connectivity index (χ2v) is 9.17. The van der Waals surface area contributed by atoms with Gasteiger partial charge in [-0.3, -0.25) is 9.59 Å². The van der Waals surface area contributed by atoms with Crippen LogP contribution in [0.25, 0.3) is 0 Å². The summed E-state index contributed by atoms with van der Waals surface area (Å²) in [6, 6.07) is 7.00. The Hall–Kier alpha value is -2.82. The highest BCUT2D eigenvalue weighted by Gasteiger charge is 2.55. The van der Waals surface area contributed by atoms with Crippen LogP contribution in [0.15, 0.2) is 30.3 Å². The van der Waals surface area contributed by atoms with Gasteiger partial charge in [-0.15, -0.1) is 0 Å². The number of ether oxygens (including phenoxy) is 2. The van der Waals surface area contributed by atoms with Gasteiger partial charge in [-0.1, -0.05) is 18.2 Å². The standard InChI is InChI=1S/C25H26O9/c1-10-14(27)5-6-17(33-10)34-25-21-20(18-13(23(25)31)7-11(9-26)8-16(18)29)22(30)12-3-2-4-15(28)19(12)24(21)32/h2-4,7-8,10,14,17,20-21,23,25-29,31H,5-6,9H2,1H3/t10?,14-,17-,20?,21?,23-,25-/m0/s1. The van der Waals surface area contributed by atoms with Gasteiger partial charge in [-0.2, -0.15) is 0 Å². The van der Waals surface area contributed by atoms with Crippen LogP contribution in [0.5, 0.6) is 11.5 Å². The number of phenols is 2. The Morgan fingerprint density at radius 1 is 1.06 bits per heavy atom. The van der Waals surface area contributed by atoms with E-state index in [-0.39, 0.29) is 33.8 Å². The fourth-order valence-corrected chi connectivity index (χ4v) is 5.45. The van der Waals surface area contributed by atoms with Gasteiger partial charge in [0.2, 0.25) is 0 Å². The summed E-state index contributed by atoms with van der Waals surface area (Å²) in [6.07, 6.45) is -4.00. The quantitative estimate of drug-likeness (QED) is 0.451. The number of aliphatic hydroxyl groups is 3. The molecule has 3 unspecified atom stereocenters. The van der Waals surface area contributed by atoms with E-state index in [1.54, 1.807) is 6.92 Å². The molecule has 3 aliphatic rings. The summed E-state index contributed by atoms with van der Waals surface area (Å²) in [4.78, 5) is 27.3. The molecule has 34 heavy (non-hydrogen) atoms. The highest BCUT2D eigenvalue weighted by Crippen LogP contribution is 2.53. The molecule has 2 aromatic carbocycles. The maximum atomic E-state index is 13.7. The lowest BCUT2D eigenvalue weighted by Gasteiger charge is -2.45. The van der Waals surface area contributed by atoms with E-state index in [1.807, 2.05) is 0 Å². The van der Waals surface area contributed by atoms with Crippen molar-refractivity contribution in [1.82, 2.24) is 0 Å². The maximum absolute atomic E-state index is 13.7. The van der Waals surface area contributed by atoms with Crippen molar-refractivity contribution in [2.45, 2.75) is 63.0 Å². The molecule has 5 N–H and O–H groups in total. The number of carbonyl (C=O) groups is 2. The molecule has 0 radical (unpaired) electrons. The summed E-state index contributed by atoms with van der Waals surface area (Å²) in [5.74, 6) is -4.13. The first-order valence-corrected chi connectivity index (χ1v) is 11.3. The molecule has 9 nitrogen and oxygen atoms in total. The lowest BCUT2D eigenvalue weighted by molar-refractivity contribution is -0.254. The lowest BCUT2D eigenvalue weighted by Crippen LogP contribution is -2.51. The number of aliphatic hydroxyl groups excluding tert-OH is 3. The van der Waals surface area contributed by atoms with Crippen LogP contribution in [0, 0.1) is 5.92 Å². The molecular weight excluding hydrogens is 444 g/mol. The monoisotopic (exact) mass is 470 g/mol. The number of hydrogen-bond donors (Lipinski definition) is 5. The zero-order valence-electron chi connectivity index (χ0n) is 18.4. The topological polar surface area (TPSA) is 154 Å². The van der Waals surface area contributed by atoms with E-state index >= 15 is 0 Å². The third kappa shape index (κ3) is 3.43. The van der Waals surface area contributed by atoms with Crippen LogP contribution in [0.3, 0.4) is 0 Å². The van der Waals surface area contributed by atoms with Gasteiger partial charge in [0, 0.05) is 17.5 Å². The number of ketones is 2. The zero-order chi connectivity index (χ0) is 24.3. The fourth-order valence-electron chi connectivity index (χ4n) is 5.45. The smallest absolute Gasteiger partial charge is 0.174 e. The van der Waals surface area contributed by atoms with Crippen LogP contribution in [-0.2, 0) is 16.1 Å². The average Bonchev–Trinajstić information content (AvgIpc) is 2.81. The predicted octanol–water partition coefficient (Wildman–Crippen LogP) is 1.69. The first-order valence-electron chi connectivity index (χ1n) is 11.3. The van der Waals surface area contributed by atoms with Gasteiger partial charge in [0.25, 0.3) is 0 Å². The third-order valence-corrected chi connectivity index (χ3v) is 7.14. The molecule has 5 rings (SSSR count). The normalized spacial score (nSPS) is 32.6. The van der Waals surface area contributed by atoms with Gasteiger partial charge in [0.15, 0.2) is 17.9 Å². The number of hydrogen-bond acceptors (Lipinski definition) is 9. The van der Waals surface area contributed by atoms with Gasteiger partial charge in [0.1, 0.15) is 23.7 Å². The molecule has 9 heteroatoms. The Bertz CT molecular complexity index is 1160. The Kier molecular flexibility index (Phi) is 5.70. The minimum atomic E-state index is -1.43. The molecule has 0 bridgehead atoms. The van der Waals surface area contributed by atoms with E-state index in [1.165, 1.54) is 30.3 Å².